The van der Waals surface area contributed by atoms with E-state index in [4.69, 9.17) is 11.1 Å². The van der Waals surface area contributed by atoms with Crippen molar-refractivity contribution in [3.8, 4) is 0 Å². The van der Waals surface area contributed by atoms with Gasteiger partial charge in [-0.2, -0.15) is 0 Å². The van der Waals surface area contributed by atoms with Gasteiger partial charge in [-0.05, 0) is 34.8 Å². The molecule has 4 nitrogen and oxygen atoms in total. The maximum Gasteiger partial charge on any atom is 0.166 e. The Balaban J connectivity index is 2.12. The van der Waals surface area contributed by atoms with Gasteiger partial charge in [-0.15, -0.1) is 0 Å². The minimum Gasteiger partial charge on any atom is -0.387 e. The zero-order chi connectivity index (χ0) is 13.3. The van der Waals surface area contributed by atoms with E-state index < -0.39 is 0 Å². The summed E-state index contributed by atoms with van der Waals surface area (Å²) in [6.45, 7) is 3.32. The summed E-state index contributed by atoms with van der Waals surface area (Å²) in [5.41, 5.74) is 5.34. The second kappa shape index (κ2) is 4.84. The lowest BCUT2D eigenvalue weighted by Gasteiger charge is -2.39. The molecule has 1 saturated heterocycles. The van der Waals surface area contributed by atoms with Crippen molar-refractivity contribution in [3.05, 3.63) is 22.6 Å². The van der Waals surface area contributed by atoms with Gasteiger partial charge in [-0.1, -0.05) is 6.92 Å². The van der Waals surface area contributed by atoms with E-state index in [1.165, 1.54) is 6.07 Å². The number of nitrogens with two attached hydrogens (primary N) is 1. The van der Waals surface area contributed by atoms with Crippen LogP contribution in [0.25, 0.3) is 0 Å². The molecule has 1 aromatic rings. The summed E-state index contributed by atoms with van der Waals surface area (Å²) in [7, 11) is 0. The Morgan fingerprint density at radius 2 is 2.17 bits per heavy atom. The number of aromatic nitrogens is 1. The molecule has 0 amide bonds. The van der Waals surface area contributed by atoms with Crippen LogP contribution in [-0.2, 0) is 0 Å². The van der Waals surface area contributed by atoms with E-state index in [-0.39, 0.29) is 17.1 Å². The predicted molar refractivity (Wildman–Crippen MR) is 73.4 cm³/mol. The van der Waals surface area contributed by atoms with E-state index in [1.807, 2.05) is 11.8 Å². The van der Waals surface area contributed by atoms with Crippen molar-refractivity contribution in [2.75, 3.05) is 18.0 Å². The highest BCUT2D eigenvalue weighted by Gasteiger charge is 2.33. The first-order valence-electron chi connectivity index (χ1n) is 5.83. The number of hydrogen-bond acceptors (Lipinski definition) is 3. The van der Waals surface area contributed by atoms with Crippen molar-refractivity contribution < 1.29 is 4.39 Å². The number of nitrogens with one attached hydrogen (secondary N) is 1. The summed E-state index contributed by atoms with van der Waals surface area (Å²) in [6, 6.07) is 1.42. The zero-order valence-corrected chi connectivity index (χ0v) is 11.8. The van der Waals surface area contributed by atoms with Crippen molar-refractivity contribution >= 4 is 27.6 Å². The van der Waals surface area contributed by atoms with Crippen LogP contribution in [0.15, 0.2) is 16.7 Å². The summed E-state index contributed by atoms with van der Waals surface area (Å²) in [5.74, 6) is 0.269. The number of pyridine rings is 1. The molecular weight excluding hydrogens is 299 g/mol. The van der Waals surface area contributed by atoms with E-state index in [0.717, 1.165) is 12.8 Å². The number of rotatable bonds is 2. The number of halogens is 2. The summed E-state index contributed by atoms with van der Waals surface area (Å²) in [5, 5.41) is 7.59. The van der Waals surface area contributed by atoms with Crippen LogP contribution in [-0.4, -0.2) is 23.9 Å². The van der Waals surface area contributed by atoms with Crippen LogP contribution in [0.5, 0.6) is 0 Å². The Kier molecular flexibility index (Phi) is 3.56. The highest BCUT2D eigenvalue weighted by atomic mass is 79.9. The van der Waals surface area contributed by atoms with Gasteiger partial charge in [0.05, 0.1) is 5.84 Å². The molecule has 18 heavy (non-hydrogen) atoms. The zero-order valence-electron chi connectivity index (χ0n) is 10.2. The van der Waals surface area contributed by atoms with Gasteiger partial charge in [0.15, 0.2) is 11.6 Å². The van der Waals surface area contributed by atoms with Crippen molar-refractivity contribution in [2.45, 2.75) is 19.8 Å². The second-order valence-corrected chi connectivity index (χ2v) is 5.84. The van der Waals surface area contributed by atoms with Gasteiger partial charge in [0.2, 0.25) is 0 Å². The van der Waals surface area contributed by atoms with Gasteiger partial charge in [-0.25, -0.2) is 9.37 Å². The number of amidine groups is 1. The van der Waals surface area contributed by atoms with Gasteiger partial charge in [0.1, 0.15) is 0 Å². The van der Waals surface area contributed by atoms with Gasteiger partial charge >= 0.3 is 0 Å². The third-order valence-electron chi connectivity index (χ3n) is 3.61. The Hall–Kier alpha value is -1.17. The molecule has 0 atom stereocenters. The topological polar surface area (TPSA) is 66.0 Å². The normalized spacial score (nSPS) is 18.7. The van der Waals surface area contributed by atoms with E-state index in [0.29, 0.717) is 23.4 Å². The number of piperidine rings is 1. The van der Waals surface area contributed by atoms with E-state index >= 15 is 0 Å². The predicted octanol–water partition coefficient (Wildman–Crippen LogP) is 2.53. The molecule has 0 bridgehead atoms. The summed E-state index contributed by atoms with van der Waals surface area (Å²) >= 11 is 3.19. The quantitative estimate of drug-likeness (QED) is 0.651. The van der Waals surface area contributed by atoms with E-state index in [2.05, 4.69) is 20.9 Å². The lowest BCUT2D eigenvalue weighted by molar-refractivity contribution is 0.348. The molecule has 0 unspecified atom stereocenters. The fraction of sp³-hybridized carbons (Fsp3) is 0.500. The third-order valence-corrected chi connectivity index (χ3v) is 4.04. The van der Waals surface area contributed by atoms with E-state index in [9.17, 15) is 4.39 Å². The molecule has 0 spiro atoms. The van der Waals surface area contributed by atoms with Crippen LogP contribution < -0.4 is 10.6 Å². The average molecular weight is 315 g/mol. The smallest absolute Gasteiger partial charge is 0.166 e. The summed E-state index contributed by atoms with van der Waals surface area (Å²) in [4.78, 5) is 6.02. The largest absolute Gasteiger partial charge is 0.387 e. The van der Waals surface area contributed by atoms with Gasteiger partial charge in [0, 0.05) is 29.2 Å². The van der Waals surface area contributed by atoms with Crippen LogP contribution in [0.2, 0.25) is 0 Å². The SMILES string of the molecule is CC1(C(=N)N)CCN(c2ncc(Br)cc2F)CC1. The lowest BCUT2D eigenvalue weighted by atomic mass is 9.79. The summed E-state index contributed by atoms with van der Waals surface area (Å²) < 4.78 is 14.4. The van der Waals surface area contributed by atoms with Crippen LogP contribution in [0, 0.1) is 16.6 Å². The molecule has 1 aliphatic rings. The molecule has 0 radical (unpaired) electrons. The first-order valence-corrected chi connectivity index (χ1v) is 6.62. The maximum atomic E-state index is 13.8. The highest BCUT2D eigenvalue weighted by Crippen LogP contribution is 2.33. The van der Waals surface area contributed by atoms with Crippen molar-refractivity contribution in [2.24, 2.45) is 11.1 Å². The number of nitrogens with zero attached hydrogens (tertiary/aromatic N) is 2. The molecule has 1 aromatic heterocycles. The van der Waals surface area contributed by atoms with Crippen LogP contribution >= 0.6 is 15.9 Å². The molecule has 0 aromatic carbocycles. The molecule has 0 aliphatic carbocycles. The molecule has 3 N–H and O–H groups in total. The average Bonchev–Trinajstić information content (AvgIpc) is 2.31. The summed E-state index contributed by atoms with van der Waals surface area (Å²) in [6.07, 6.45) is 3.09. The maximum absolute atomic E-state index is 13.8. The first-order chi connectivity index (χ1) is 8.42. The van der Waals surface area contributed by atoms with Crippen LogP contribution in [0.1, 0.15) is 19.8 Å². The van der Waals surface area contributed by atoms with Crippen LogP contribution in [0.4, 0.5) is 10.2 Å². The van der Waals surface area contributed by atoms with Crippen molar-refractivity contribution in [1.82, 2.24) is 4.98 Å². The number of anilines is 1. The fourth-order valence-electron chi connectivity index (χ4n) is 2.12. The monoisotopic (exact) mass is 314 g/mol. The fourth-order valence-corrected chi connectivity index (χ4v) is 2.42. The Morgan fingerprint density at radius 1 is 1.56 bits per heavy atom. The first kappa shape index (κ1) is 13.3. The molecular formula is C12H16BrFN4. The third kappa shape index (κ3) is 2.48. The standard InChI is InChI=1S/C12H16BrFN4/c1-12(11(15)16)2-4-18(5-3-12)10-9(14)6-8(13)7-17-10/h6-7H,2-5H2,1H3,(H3,15,16). The van der Waals surface area contributed by atoms with Crippen LogP contribution in [0.3, 0.4) is 0 Å². The molecule has 1 aliphatic heterocycles. The Labute approximate surface area is 114 Å². The highest BCUT2D eigenvalue weighted by molar-refractivity contribution is 9.10. The van der Waals surface area contributed by atoms with Gasteiger partial charge < -0.3 is 10.6 Å². The molecule has 98 valence electrons. The van der Waals surface area contributed by atoms with Crippen molar-refractivity contribution in [1.29, 1.82) is 5.41 Å². The lowest BCUT2D eigenvalue weighted by Crippen LogP contribution is -2.45. The Morgan fingerprint density at radius 3 is 2.67 bits per heavy atom. The minimum atomic E-state index is -0.323. The molecule has 0 saturated carbocycles. The molecule has 6 heteroatoms. The van der Waals surface area contributed by atoms with Gasteiger partial charge in [-0.3, -0.25) is 5.41 Å². The van der Waals surface area contributed by atoms with Crippen molar-refractivity contribution in [3.63, 3.8) is 0 Å². The molecule has 2 heterocycles. The molecule has 2 rings (SSSR count). The Bertz CT molecular complexity index is 469. The van der Waals surface area contributed by atoms with E-state index in [1.54, 1.807) is 6.20 Å². The van der Waals surface area contributed by atoms with Gasteiger partial charge in [0.25, 0.3) is 0 Å². The minimum absolute atomic E-state index is 0.214. The molecule has 1 fully saturated rings. The second-order valence-electron chi connectivity index (χ2n) is 4.92. The number of hydrogen-bond donors (Lipinski definition) is 2.